The van der Waals surface area contributed by atoms with Crippen molar-refractivity contribution in [1.82, 2.24) is 0 Å². The number of ether oxygens (including phenoxy) is 1. The topological polar surface area (TPSA) is 130 Å². The van der Waals surface area contributed by atoms with E-state index >= 15 is 0 Å². The number of Topliss-reactive ketones (excluding diaryl/α,β-unsaturated/α-hetero) is 2. The van der Waals surface area contributed by atoms with Crippen LogP contribution < -0.4 is 5.32 Å². The summed E-state index contributed by atoms with van der Waals surface area (Å²) in [5.41, 5.74) is -1.03. The molecule has 8 nitrogen and oxygen atoms in total. The fourth-order valence-corrected chi connectivity index (χ4v) is 7.98. The number of allylic oxidation sites excluding steroid dienone is 4. The molecular formula is C30H35NO7. The Morgan fingerprint density at radius 2 is 1.84 bits per heavy atom. The Morgan fingerprint density at radius 3 is 2.53 bits per heavy atom. The van der Waals surface area contributed by atoms with Gasteiger partial charge in [-0.3, -0.25) is 19.7 Å². The normalized spacial score (nSPS) is 37.4. The van der Waals surface area contributed by atoms with Crippen molar-refractivity contribution in [1.29, 1.82) is 0 Å². The minimum atomic E-state index is -1.72. The molecule has 38 heavy (non-hydrogen) atoms. The molecule has 3 saturated carbocycles. The molecule has 5 unspecified atom stereocenters. The van der Waals surface area contributed by atoms with Crippen LogP contribution in [0.3, 0.4) is 0 Å². The van der Waals surface area contributed by atoms with Crippen LogP contribution in [0.1, 0.15) is 63.2 Å². The number of amides is 1. The van der Waals surface area contributed by atoms with Gasteiger partial charge >= 0.3 is 6.09 Å². The highest BCUT2D eigenvalue weighted by atomic mass is 16.6. The van der Waals surface area contributed by atoms with E-state index in [-0.39, 0.29) is 42.2 Å². The third-order valence-electron chi connectivity index (χ3n) is 9.98. The number of aliphatic hydroxyl groups is 2. The summed E-state index contributed by atoms with van der Waals surface area (Å²) in [5, 5.41) is 25.7. The number of hydrogen-bond acceptors (Lipinski definition) is 7. The van der Waals surface area contributed by atoms with Crippen molar-refractivity contribution in [2.45, 2.75) is 64.6 Å². The summed E-state index contributed by atoms with van der Waals surface area (Å²) in [7, 11) is 0. The SMILES string of the molecule is CC(=O)c1ccc(NC(=O)OCC(=O)[C@@]2(O)CCC3C4CCC5=CC(=O)C=CC5(C)C4[C@@H](O)CC32C)cc1. The molecule has 3 fully saturated rings. The van der Waals surface area contributed by atoms with Gasteiger partial charge in [0.2, 0.25) is 5.78 Å². The van der Waals surface area contributed by atoms with Gasteiger partial charge in [0.05, 0.1) is 6.10 Å². The average Bonchev–Trinajstić information content (AvgIpc) is 3.14. The summed E-state index contributed by atoms with van der Waals surface area (Å²) in [4.78, 5) is 49.1. The molecule has 8 heteroatoms. The van der Waals surface area contributed by atoms with E-state index in [0.717, 1.165) is 18.4 Å². The quantitative estimate of drug-likeness (QED) is 0.499. The first kappa shape index (κ1) is 26.5. The number of rotatable bonds is 5. The third kappa shape index (κ3) is 4.05. The Morgan fingerprint density at radius 1 is 1.13 bits per heavy atom. The fraction of sp³-hybridized carbons (Fsp3) is 0.533. The van der Waals surface area contributed by atoms with Gasteiger partial charge in [-0.2, -0.15) is 0 Å². The smallest absolute Gasteiger partial charge is 0.412 e. The van der Waals surface area contributed by atoms with Crippen LogP contribution in [0.5, 0.6) is 0 Å². The number of nitrogens with one attached hydrogen (secondary N) is 1. The first-order valence-corrected chi connectivity index (χ1v) is 13.3. The summed E-state index contributed by atoms with van der Waals surface area (Å²) in [5.74, 6) is -0.676. The third-order valence-corrected chi connectivity index (χ3v) is 9.98. The lowest BCUT2D eigenvalue weighted by Gasteiger charge is -2.59. The molecule has 202 valence electrons. The maximum atomic E-state index is 13.4. The zero-order valence-electron chi connectivity index (χ0n) is 22.0. The molecule has 3 N–H and O–H groups in total. The molecule has 0 radical (unpaired) electrons. The molecule has 4 aliphatic rings. The molecular weight excluding hydrogens is 486 g/mol. The number of fused-ring (bicyclic) bond motifs is 5. The highest BCUT2D eigenvalue weighted by Gasteiger charge is 2.68. The summed E-state index contributed by atoms with van der Waals surface area (Å²) >= 11 is 0. The highest BCUT2D eigenvalue weighted by Crippen LogP contribution is 2.67. The molecule has 0 aliphatic heterocycles. The van der Waals surface area contributed by atoms with Gasteiger partial charge in [0.1, 0.15) is 5.60 Å². The zero-order valence-corrected chi connectivity index (χ0v) is 22.0. The fourth-order valence-electron chi connectivity index (χ4n) is 7.98. The molecule has 0 bridgehead atoms. The summed E-state index contributed by atoms with van der Waals surface area (Å²) in [6.45, 7) is 4.82. The van der Waals surface area contributed by atoms with Crippen molar-refractivity contribution >= 4 is 29.1 Å². The van der Waals surface area contributed by atoms with E-state index in [2.05, 4.69) is 12.2 Å². The summed E-state index contributed by atoms with van der Waals surface area (Å²) in [6.07, 6.45) is 6.29. The van der Waals surface area contributed by atoms with E-state index in [0.29, 0.717) is 17.7 Å². The van der Waals surface area contributed by atoms with Gasteiger partial charge < -0.3 is 14.9 Å². The van der Waals surface area contributed by atoms with Gasteiger partial charge in [-0.15, -0.1) is 0 Å². The first-order valence-electron chi connectivity index (χ1n) is 13.3. The van der Waals surface area contributed by atoms with Gasteiger partial charge in [-0.1, -0.05) is 25.5 Å². The Hall–Kier alpha value is -3.10. The van der Waals surface area contributed by atoms with Crippen LogP contribution in [-0.2, 0) is 14.3 Å². The first-order chi connectivity index (χ1) is 17.9. The van der Waals surface area contributed by atoms with E-state index in [4.69, 9.17) is 4.74 Å². The van der Waals surface area contributed by atoms with Gasteiger partial charge in [0.25, 0.3) is 0 Å². The van der Waals surface area contributed by atoms with Crippen molar-refractivity contribution in [3.8, 4) is 0 Å². The summed E-state index contributed by atoms with van der Waals surface area (Å²) in [6, 6.07) is 6.30. The highest BCUT2D eigenvalue weighted by molar-refractivity contribution is 6.01. The van der Waals surface area contributed by atoms with Gasteiger partial charge in [-0.05, 0) is 87.3 Å². The molecule has 5 rings (SSSR count). The second kappa shape index (κ2) is 9.27. The Balaban J connectivity index is 1.28. The van der Waals surface area contributed by atoms with Crippen molar-refractivity contribution in [2.24, 2.45) is 28.6 Å². The van der Waals surface area contributed by atoms with E-state index < -0.39 is 41.0 Å². The molecule has 0 spiro atoms. The predicted octanol–water partition coefficient (Wildman–Crippen LogP) is 4.02. The lowest BCUT2D eigenvalue weighted by molar-refractivity contribution is -0.178. The lowest BCUT2D eigenvalue weighted by atomic mass is 9.46. The molecule has 7 atom stereocenters. The van der Waals surface area contributed by atoms with Crippen molar-refractivity contribution in [2.75, 3.05) is 11.9 Å². The van der Waals surface area contributed by atoms with Gasteiger partial charge in [0.15, 0.2) is 18.2 Å². The number of carbonyl (C=O) groups excluding carboxylic acids is 4. The maximum absolute atomic E-state index is 13.4. The van der Waals surface area contributed by atoms with Gasteiger partial charge in [0, 0.05) is 28.0 Å². The molecule has 0 heterocycles. The number of anilines is 1. The Labute approximate surface area is 222 Å². The molecule has 1 aromatic carbocycles. The van der Waals surface area contributed by atoms with E-state index in [1.165, 1.54) is 6.92 Å². The monoisotopic (exact) mass is 521 g/mol. The van der Waals surface area contributed by atoms with Crippen LogP contribution in [0.2, 0.25) is 0 Å². The number of aliphatic hydroxyl groups excluding tert-OH is 1. The largest absolute Gasteiger partial charge is 0.441 e. The minimum absolute atomic E-state index is 0.0165. The number of ketones is 3. The van der Waals surface area contributed by atoms with Crippen molar-refractivity contribution < 1.29 is 34.1 Å². The van der Waals surface area contributed by atoms with E-state index in [1.807, 2.05) is 13.0 Å². The van der Waals surface area contributed by atoms with E-state index in [1.54, 1.807) is 36.4 Å². The Kier molecular flexibility index (Phi) is 6.47. The van der Waals surface area contributed by atoms with Gasteiger partial charge in [-0.25, -0.2) is 4.79 Å². The molecule has 1 aromatic rings. The van der Waals surface area contributed by atoms with Crippen LogP contribution in [-0.4, -0.2) is 52.0 Å². The molecule has 0 aromatic heterocycles. The second-order valence-corrected chi connectivity index (χ2v) is 11.9. The second-order valence-electron chi connectivity index (χ2n) is 11.9. The lowest BCUT2D eigenvalue weighted by Crippen LogP contribution is -2.61. The number of hydrogen-bond donors (Lipinski definition) is 3. The number of benzene rings is 1. The van der Waals surface area contributed by atoms with Crippen LogP contribution in [0, 0.1) is 28.6 Å². The van der Waals surface area contributed by atoms with Crippen LogP contribution in [0.4, 0.5) is 10.5 Å². The minimum Gasteiger partial charge on any atom is -0.441 e. The molecule has 1 amide bonds. The average molecular weight is 522 g/mol. The Bertz CT molecular complexity index is 1250. The van der Waals surface area contributed by atoms with Crippen molar-refractivity contribution in [3.63, 3.8) is 0 Å². The van der Waals surface area contributed by atoms with Crippen LogP contribution >= 0.6 is 0 Å². The maximum Gasteiger partial charge on any atom is 0.412 e. The zero-order chi connectivity index (χ0) is 27.5. The van der Waals surface area contributed by atoms with Crippen LogP contribution in [0.25, 0.3) is 0 Å². The predicted molar refractivity (Wildman–Crippen MR) is 139 cm³/mol. The molecule has 4 aliphatic carbocycles. The van der Waals surface area contributed by atoms with Crippen molar-refractivity contribution in [3.05, 3.63) is 53.6 Å². The van der Waals surface area contributed by atoms with E-state index in [9.17, 15) is 29.4 Å². The molecule has 0 saturated heterocycles. The number of carbonyl (C=O) groups is 4. The standard InChI is InChI=1S/C30H35NO7/c1-17(32)18-4-7-20(8-5-18)31-27(36)38-16-25(35)30(37)13-11-23-22-9-6-19-14-21(33)10-12-28(19,2)26(22)24(34)15-29(23,30)3/h4-5,7-8,10,12,14,22-24,26,34,37H,6,9,11,13,15-16H2,1-3H3,(H,31,36)/t22?,23?,24-,26?,28?,29?,30-/m0/s1. The summed E-state index contributed by atoms with van der Waals surface area (Å²) < 4.78 is 5.18. The van der Waals surface area contributed by atoms with Crippen LogP contribution in [0.15, 0.2) is 48.1 Å².